The number of aliphatic hydroxyl groups excluding tert-OH is 1. The monoisotopic (exact) mass is 291 g/mol. The number of rotatable bonds is 5. The molecular weight excluding hydrogens is 278 g/mol. The number of hydrogen-bond donors (Lipinski definition) is 3. The Balaban J connectivity index is 2.61. The number of nitrogens with one attached hydrogen (secondary N) is 1. The van der Waals surface area contributed by atoms with Crippen molar-refractivity contribution in [2.45, 2.75) is 13.0 Å². The number of benzene rings is 1. The first-order chi connectivity index (χ1) is 9.93. The molecule has 1 aromatic carbocycles. The van der Waals surface area contributed by atoms with Crippen molar-refractivity contribution in [3.8, 4) is 0 Å². The Kier molecular flexibility index (Phi) is 3.99. The molecule has 0 fully saturated rings. The highest BCUT2D eigenvalue weighted by molar-refractivity contribution is 5.98. The van der Waals surface area contributed by atoms with Crippen LogP contribution in [-0.2, 0) is 4.79 Å². The third-order valence-electron chi connectivity index (χ3n) is 2.97. The van der Waals surface area contributed by atoms with E-state index < -0.39 is 23.5 Å². The molecule has 0 aliphatic heterocycles. The number of fused-ring (bicyclic) bond motifs is 1. The number of carboxylic acids is 1. The van der Waals surface area contributed by atoms with E-state index >= 15 is 0 Å². The summed E-state index contributed by atoms with van der Waals surface area (Å²) in [5.41, 5.74) is 0.415. The average Bonchev–Trinajstić information content (AvgIpc) is 2.43. The molecule has 0 saturated heterocycles. The molecule has 21 heavy (non-hydrogen) atoms. The largest absolute Gasteiger partial charge is 0.480 e. The maximum Gasteiger partial charge on any atom is 0.328 e. The van der Waals surface area contributed by atoms with Crippen molar-refractivity contribution < 1.29 is 19.9 Å². The van der Waals surface area contributed by atoms with Crippen molar-refractivity contribution in [3.05, 3.63) is 40.1 Å². The number of carbonyl (C=O) groups is 1. The standard InChI is InChI=1S/C13H13N3O5/c1-7-5-9-8(3-2-4-11(9)16(20)21)12(14-7)15-10(6-17)13(18)19/h2-5,10,17H,6H2,1H3,(H,14,15)(H,18,19). The number of aromatic nitrogens is 1. The summed E-state index contributed by atoms with van der Waals surface area (Å²) in [5, 5.41) is 32.5. The molecule has 0 saturated carbocycles. The summed E-state index contributed by atoms with van der Waals surface area (Å²) in [4.78, 5) is 25.7. The van der Waals surface area contributed by atoms with E-state index in [1.54, 1.807) is 19.1 Å². The molecule has 1 aromatic heterocycles. The number of aliphatic hydroxyl groups is 1. The zero-order chi connectivity index (χ0) is 15.6. The van der Waals surface area contributed by atoms with Crippen molar-refractivity contribution >= 4 is 28.2 Å². The number of nitrogens with zero attached hydrogens (tertiary/aromatic N) is 2. The van der Waals surface area contributed by atoms with Crippen LogP contribution in [0.15, 0.2) is 24.3 Å². The Hall–Kier alpha value is -2.74. The molecule has 0 spiro atoms. The summed E-state index contributed by atoms with van der Waals surface area (Å²) < 4.78 is 0. The maximum absolute atomic E-state index is 11.1. The third-order valence-corrected chi connectivity index (χ3v) is 2.97. The Morgan fingerprint density at radius 1 is 1.48 bits per heavy atom. The second kappa shape index (κ2) is 5.71. The zero-order valence-corrected chi connectivity index (χ0v) is 11.1. The number of non-ortho nitro benzene ring substituents is 1. The smallest absolute Gasteiger partial charge is 0.328 e. The Labute approximate surface area is 119 Å². The molecule has 8 heteroatoms. The van der Waals surface area contributed by atoms with Crippen LogP contribution in [0.1, 0.15) is 5.69 Å². The highest BCUT2D eigenvalue weighted by Crippen LogP contribution is 2.30. The highest BCUT2D eigenvalue weighted by atomic mass is 16.6. The summed E-state index contributed by atoms with van der Waals surface area (Å²) in [7, 11) is 0. The van der Waals surface area contributed by atoms with E-state index in [9.17, 15) is 14.9 Å². The summed E-state index contributed by atoms with van der Waals surface area (Å²) in [6, 6.07) is 4.80. The van der Waals surface area contributed by atoms with Crippen LogP contribution in [0.25, 0.3) is 10.8 Å². The van der Waals surface area contributed by atoms with E-state index in [1.165, 1.54) is 12.1 Å². The lowest BCUT2D eigenvalue weighted by Crippen LogP contribution is -2.33. The maximum atomic E-state index is 11.1. The molecule has 110 valence electrons. The lowest BCUT2D eigenvalue weighted by Gasteiger charge is -2.14. The highest BCUT2D eigenvalue weighted by Gasteiger charge is 2.20. The van der Waals surface area contributed by atoms with Crippen molar-refractivity contribution in [1.29, 1.82) is 0 Å². The molecular formula is C13H13N3O5. The van der Waals surface area contributed by atoms with Crippen LogP contribution in [0.5, 0.6) is 0 Å². The van der Waals surface area contributed by atoms with Gasteiger partial charge in [0, 0.05) is 17.1 Å². The van der Waals surface area contributed by atoms with Crippen LogP contribution in [0.3, 0.4) is 0 Å². The first-order valence-corrected chi connectivity index (χ1v) is 6.09. The number of pyridine rings is 1. The van der Waals surface area contributed by atoms with Gasteiger partial charge in [0.1, 0.15) is 11.9 Å². The Bertz CT molecular complexity index is 716. The number of nitro groups is 1. The van der Waals surface area contributed by atoms with E-state index in [0.717, 1.165) is 0 Å². The predicted molar refractivity (Wildman–Crippen MR) is 75.3 cm³/mol. The number of anilines is 1. The van der Waals surface area contributed by atoms with Gasteiger partial charge in [-0.1, -0.05) is 12.1 Å². The van der Waals surface area contributed by atoms with Crippen molar-refractivity contribution in [3.63, 3.8) is 0 Å². The molecule has 2 rings (SSSR count). The van der Waals surface area contributed by atoms with Crippen molar-refractivity contribution in [2.75, 3.05) is 11.9 Å². The molecule has 1 unspecified atom stereocenters. The molecule has 1 heterocycles. The second-order valence-electron chi connectivity index (χ2n) is 4.46. The van der Waals surface area contributed by atoms with E-state index in [1.807, 2.05) is 0 Å². The van der Waals surface area contributed by atoms with Crippen molar-refractivity contribution in [2.24, 2.45) is 0 Å². The van der Waals surface area contributed by atoms with Gasteiger partial charge in [-0.25, -0.2) is 9.78 Å². The average molecular weight is 291 g/mol. The van der Waals surface area contributed by atoms with Gasteiger partial charge in [-0.2, -0.15) is 0 Å². The molecule has 0 radical (unpaired) electrons. The van der Waals surface area contributed by atoms with E-state index in [0.29, 0.717) is 16.5 Å². The predicted octanol–water partition coefficient (Wildman–Crippen LogP) is 1.31. The van der Waals surface area contributed by atoms with Gasteiger partial charge in [0.2, 0.25) is 0 Å². The molecule has 0 bridgehead atoms. The van der Waals surface area contributed by atoms with Gasteiger partial charge >= 0.3 is 5.97 Å². The summed E-state index contributed by atoms with van der Waals surface area (Å²) >= 11 is 0. The lowest BCUT2D eigenvalue weighted by molar-refractivity contribution is -0.383. The number of aliphatic carboxylic acids is 1. The number of aryl methyl sites for hydroxylation is 1. The summed E-state index contributed by atoms with van der Waals surface area (Å²) in [6.45, 7) is 1.03. The molecule has 0 amide bonds. The van der Waals surface area contributed by atoms with Crippen LogP contribution >= 0.6 is 0 Å². The SMILES string of the molecule is Cc1cc2c([N+](=O)[O-])cccc2c(NC(CO)C(=O)O)n1. The number of nitro benzene ring substituents is 1. The van der Waals surface area contributed by atoms with E-state index in [-0.39, 0.29) is 11.5 Å². The van der Waals surface area contributed by atoms with Crippen molar-refractivity contribution in [1.82, 2.24) is 4.98 Å². The number of carboxylic acid groups (broad SMARTS) is 1. The topological polar surface area (TPSA) is 126 Å². The molecule has 3 N–H and O–H groups in total. The fourth-order valence-electron chi connectivity index (χ4n) is 2.01. The van der Waals surface area contributed by atoms with Gasteiger partial charge in [-0.3, -0.25) is 10.1 Å². The van der Waals surface area contributed by atoms with Gasteiger partial charge < -0.3 is 15.5 Å². The van der Waals surface area contributed by atoms with Gasteiger partial charge in [0.05, 0.1) is 16.9 Å². The Morgan fingerprint density at radius 3 is 2.76 bits per heavy atom. The van der Waals surface area contributed by atoms with Gasteiger partial charge in [0.25, 0.3) is 5.69 Å². The second-order valence-corrected chi connectivity index (χ2v) is 4.46. The van der Waals surface area contributed by atoms with E-state index in [2.05, 4.69) is 10.3 Å². The first-order valence-electron chi connectivity index (χ1n) is 6.09. The zero-order valence-electron chi connectivity index (χ0n) is 11.1. The van der Waals surface area contributed by atoms with E-state index in [4.69, 9.17) is 10.2 Å². The quantitative estimate of drug-likeness (QED) is 0.560. The molecule has 8 nitrogen and oxygen atoms in total. The molecule has 1 atom stereocenters. The fraction of sp³-hybridized carbons (Fsp3) is 0.231. The fourth-order valence-corrected chi connectivity index (χ4v) is 2.01. The minimum absolute atomic E-state index is 0.0862. The normalized spacial score (nSPS) is 12.1. The lowest BCUT2D eigenvalue weighted by atomic mass is 10.1. The van der Waals surface area contributed by atoms with Crippen LogP contribution in [-0.4, -0.2) is 38.7 Å². The van der Waals surface area contributed by atoms with Crippen LogP contribution in [0, 0.1) is 17.0 Å². The third kappa shape index (κ3) is 2.90. The molecule has 2 aromatic rings. The van der Waals surface area contributed by atoms with Gasteiger partial charge in [-0.15, -0.1) is 0 Å². The summed E-state index contributed by atoms with van der Waals surface area (Å²) in [6.07, 6.45) is 0. The molecule has 0 aliphatic rings. The minimum Gasteiger partial charge on any atom is -0.480 e. The Morgan fingerprint density at radius 2 is 2.19 bits per heavy atom. The first kappa shape index (κ1) is 14.7. The summed E-state index contributed by atoms with van der Waals surface area (Å²) in [5.74, 6) is -1.05. The van der Waals surface area contributed by atoms with Crippen LogP contribution < -0.4 is 5.32 Å². The minimum atomic E-state index is -1.24. The van der Waals surface area contributed by atoms with Gasteiger partial charge in [0.15, 0.2) is 0 Å². The van der Waals surface area contributed by atoms with Crippen LogP contribution in [0.2, 0.25) is 0 Å². The molecule has 0 aliphatic carbocycles. The van der Waals surface area contributed by atoms with Gasteiger partial charge in [-0.05, 0) is 13.0 Å². The van der Waals surface area contributed by atoms with Crippen LogP contribution in [0.4, 0.5) is 11.5 Å². The number of hydrogen-bond acceptors (Lipinski definition) is 6.